The molecule has 2 rings (SSSR count). The Labute approximate surface area is 133 Å². The average Bonchev–Trinajstić information content (AvgIpc) is 2.47. The Hall–Kier alpha value is -1.03. The van der Waals surface area contributed by atoms with Crippen LogP contribution in [0.4, 0.5) is 0 Å². The largest absolute Gasteiger partial charge is 0.494 e. The van der Waals surface area contributed by atoms with Crippen molar-refractivity contribution in [2.75, 3.05) is 13.2 Å². The van der Waals surface area contributed by atoms with Crippen molar-refractivity contribution in [3.63, 3.8) is 0 Å². The van der Waals surface area contributed by atoms with Crippen LogP contribution in [-0.4, -0.2) is 13.2 Å². The molecule has 0 aliphatic carbocycles. The molecular weight excluding hydrogens is 338 g/mol. The summed E-state index contributed by atoms with van der Waals surface area (Å²) in [5, 5.41) is 0.770. The zero-order valence-electron chi connectivity index (χ0n) is 11.1. The van der Waals surface area contributed by atoms with Crippen LogP contribution in [0.5, 0.6) is 5.75 Å². The van der Waals surface area contributed by atoms with E-state index in [4.69, 9.17) is 22.1 Å². The van der Waals surface area contributed by atoms with Crippen LogP contribution in [0, 0.1) is 0 Å². The quantitative estimate of drug-likeness (QED) is 0.822. The zero-order chi connectivity index (χ0) is 14.4. The van der Waals surface area contributed by atoms with Gasteiger partial charge in [0.2, 0.25) is 0 Å². The van der Waals surface area contributed by atoms with Crippen molar-refractivity contribution in [3.8, 4) is 5.75 Å². The molecule has 0 aliphatic rings. The summed E-state index contributed by atoms with van der Waals surface area (Å²) >= 11 is 9.61. The Balaban J connectivity index is 1.91. The molecule has 0 bridgehead atoms. The fraction of sp³-hybridized carbons (Fsp3) is 0.250. The van der Waals surface area contributed by atoms with Crippen LogP contribution < -0.4 is 10.5 Å². The third-order valence-corrected chi connectivity index (χ3v) is 4.05. The molecule has 1 atom stereocenters. The third kappa shape index (κ3) is 4.23. The molecule has 0 fully saturated rings. The molecule has 0 saturated carbocycles. The number of halogens is 2. The summed E-state index contributed by atoms with van der Waals surface area (Å²) in [5.41, 5.74) is 6.95. The molecule has 0 heterocycles. The van der Waals surface area contributed by atoms with Crippen LogP contribution in [0.3, 0.4) is 0 Å². The average molecular weight is 355 g/mol. The predicted molar refractivity (Wildman–Crippen MR) is 87.5 cm³/mol. The first-order valence-electron chi connectivity index (χ1n) is 6.53. The Bertz CT molecular complexity index is 544. The van der Waals surface area contributed by atoms with Gasteiger partial charge < -0.3 is 10.5 Å². The smallest absolute Gasteiger partial charge is 0.119 e. The second-order valence-corrected chi connectivity index (χ2v) is 5.87. The molecule has 1 unspecified atom stereocenters. The van der Waals surface area contributed by atoms with Crippen molar-refractivity contribution in [2.45, 2.75) is 12.3 Å². The fourth-order valence-electron chi connectivity index (χ4n) is 2.06. The highest BCUT2D eigenvalue weighted by molar-refractivity contribution is 9.10. The van der Waals surface area contributed by atoms with E-state index in [9.17, 15) is 0 Å². The Kier molecular flexibility index (Phi) is 5.89. The highest BCUT2D eigenvalue weighted by atomic mass is 79.9. The minimum absolute atomic E-state index is 0.221. The highest BCUT2D eigenvalue weighted by Gasteiger charge is 2.12. The maximum atomic E-state index is 6.21. The van der Waals surface area contributed by atoms with Gasteiger partial charge in [-0.25, -0.2) is 0 Å². The second-order valence-electron chi connectivity index (χ2n) is 4.55. The van der Waals surface area contributed by atoms with E-state index < -0.39 is 0 Å². The Morgan fingerprint density at radius 2 is 1.80 bits per heavy atom. The number of benzene rings is 2. The predicted octanol–water partition coefficient (Wildman–Crippen LogP) is 4.61. The first-order chi connectivity index (χ1) is 9.70. The Morgan fingerprint density at radius 3 is 2.45 bits per heavy atom. The van der Waals surface area contributed by atoms with E-state index in [0.29, 0.717) is 13.2 Å². The van der Waals surface area contributed by atoms with E-state index >= 15 is 0 Å². The molecule has 2 aromatic carbocycles. The maximum Gasteiger partial charge on any atom is 0.119 e. The summed E-state index contributed by atoms with van der Waals surface area (Å²) in [6, 6.07) is 15.6. The van der Waals surface area contributed by atoms with Crippen LogP contribution in [0.1, 0.15) is 17.9 Å². The van der Waals surface area contributed by atoms with Gasteiger partial charge in [-0.3, -0.25) is 0 Å². The van der Waals surface area contributed by atoms with Crippen LogP contribution in [0.2, 0.25) is 5.02 Å². The molecule has 106 valence electrons. The summed E-state index contributed by atoms with van der Waals surface area (Å²) in [6.07, 6.45) is 0.844. The summed E-state index contributed by atoms with van der Waals surface area (Å²) in [6.45, 7) is 1.18. The summed E-state index contributed by atoms with van der Waals surface area (Å²) < 4.78 is 6.78. The zero-order valence-corrected chi connectivity index (χ0v) is 13.4. The molecule has 0 aliphatic heterocycles. The number of hydrogen-bond acceptors (Lipinski definition) is 2. The maximum absolute atomic E-state index is 6.21. The summed E-state index contributed by atoms with van der Waals surface area (Å²) in [7, 11) is 0. The summed E-state index contributed by atoms with van der Waals surface area (Å²) in [4.78, 5) is 0. The van der Waals surface area contributed by atoms with Gasteiger partial charge in [-0.2, -0.15) is 0 Å². The molecule has 2 nitrogen and oxygen atoms in total. The van der Waals surface area contributed by atoms with Gasteiger partial charge in [-0.1, -0.05) is 45.7 Å². The van der Waals surface area contributed by atoms with E-state index in [2.05, 4.69) is 15.9 Å². The van der Waals surface area contributed by atoms with Crippen molar-refractivity contribution in [1.82, 2.24) is 0 Å². The number of ether oxygens (including phenoxy) is 1. The lowest BCUT2D eigenvalue weighted by Crippen LogP contribution is -2.16. The van der Waals surface area contributed by atoms with Gasteiger partial charge in [0.05, 0.1) is 6.61 Å². The first-order valence-corrected chi connectivity index (χ1v) is 7.70. The normalized spacial score (nSPS) is 12.2. The van der Waals surface area contributed by atoms with Crippen molar-refractivity contribution < 1.29 is 4.74 Å². The minimum atomic E-state index is 0.221. The van der Waals surface area contributed by atoms with Crippen LogP contribution in [-0.2, 0) is 0 Å². The van der Waals surface area contributed by atoms with Crippen LogP contribution >= 0.6 is 27.5 Å². The minimum Gasteiger partial charge on any atom is -0.494 e. The molecule has 2 N–H and O–H groups in total. The van der Waals surface area contributed by atoms with E-state index in [0.717, 1.165) is 27.2 Å². The molecule has 0 saturated heterocycles. The van der Waals surface area contributed by atoms with Gasteiger partial charge in [0, 0.05) is 15.4 Å². The van der Waals surface area contributed by atoms with Gasteiger partial charge in [-0.15, -0.1) is 0 Å². The van der Waals surface area contributed by atoms with Crippen molar-refractivity contribution >= 4 is 27.5 Å². The van der Waals surface area contributed by atoms with Crippen molar-refractivity contribution in [3.05, 3.63) is 63.6 Å². The van der Waals surface area contributed by atoms with Gasteiger partial charge >= 0.3 is 0 Å². The lowest BCUT2D eigenvalue weighted by atomic mass is 9.96. The van der Waals surface area contributed by atoms with E-state index in [1.54, 1.807) is 0 Å². The number of rotatable bonds is 6. The van der Waals surface area contributed by atoms with Crippen LogP contribution in [0.15, 0.2) is 53.0 Å². The first kappa shape index (κ1) is 15.4. The highest BCUT2D eigenvalue weighted by Crippen LogP contribution is 2.26. The standard InChI is InChI=1S/C16H17BrClNO/c17-13-5-7-14(8-6-13)20-10-9-12(11-19)15-3-1-2-4-16(15)18/h1-8,12H,9-11,19H2. The SMILES string of the molecule is NCC(CCOc1ccc(Br)cc1)c1ccccc1Cl. The van der Waals surface area contributed by atoms with E-state index in [-0.39, 0.29) is 5.92 Å². The molecule has 0 spiro atoms. The van der Waals surface area contributed by atoms with Gasteiger partial charge in [0.25, 0.3) is 0 Å². The van der Waals surface area contributed by atoms with Crippen molar-refractivity contribution in [2.24, 2.45) is 5.73 Å². The number of nitrogens with two attached hydrogens (primary N) is 1. The number of hydrogen-bond donors (Lipinski definition) is 1. The van der Waals surface area contributed by atoms with Gasteiger partial charge in [0.15, 0.2) is 0 Å². The van der Waals surface area contributed by atoms with E-state index in [1.807, 2.05) is 48.5 Å². The Morgan fingerprint density at radius 1 is 1.10 bits per heavy atom. The molecular formula is C16H17BrClNO. The fourth-order valence-corrected chi connectivity index (χ4v) is 2.61. The van der Waals surface area contributed by atoms with Gasteiger partial charge in [-0.05, 0) is 48.9 Å². The molecule has 20 heavy (non-hydrogen) atoms. The third-order valence-electron chi connectivity index (χ3n) is 3.18. The van der Waals surface area contributed by atoms with E-state index in [1.165, 1.54) is 0 Å². The summed E-state index contributed by atoms with van der Waals surface area (Å²) in [5.74, 6) is 1.09. The molecule has 0 radical (unpaired) electrons. The molecule has 0 aromatic heterocycles. The van der Waals surface area contributed by atoms with Crippen molar-refractivity contribution in [1.29, 1.82) is 0 Å². The lowest BCUT2D eigenvalue weighted by molar-refractivity contribution is 0.298. The van der Waals surface area contributed by atoms with Gasteiger partial charge in [0.1, 0.15) is 5.75 Å². The molecule has 2 aromatic rings. The van der Waals surface area contributed by atoms with Crippen LogP contribution in [0.25, 0.3) is 0 Å². The monoisotopic (exact) mass is 353 g/mol. The topological polar surface area (TPSA) is 35.2 Å². The second kappa shape index (κ2) is 7.67. The lowest BCUT2D eigenvalue weighted by Gasteiger charge is -2.17. The molecule has 4 heteroatoms. The molecule has 0 amide bonds.